The Balaban J connectivity index is 1.70. The second kappa shape index (κ2) is 5.88. The number of amides is 1. The van der Waals surface area contributed by atoms with Crippen molar-refractivity contribution >= 4 is 5.91 Å². The summed E-state index contributed by atoms with van der Waals surface area (Å²) in [6.45, 7) is 0.864. The van der Waals surface area contributed by atoms with Gasteiger partial charge in [-0.2, -0.15) is 0 Å². The number of carbonyl (C=O) groups excluding carboxylic acids is 1. The second-order valence-electron chi connectivity index (χ2n) is 4.88. The Morgan fingerprint density at radius 3 is 2.44 bits per heavy atom. The highest BCUT2D eigenvalue weighted by atomic mass is 16.1. The molecule has 0 fully saturated rings. The van der Waals surface area contributed by atoms with Crippen molar-refractivity contribution in [3.05, 3.63) is 24.3 Å². The van der Waals surface area contributed by atoms with Gasteiger partial charge in [0.15, 0.2) is 0 Å². The maximum atomic E-state index is 11.9. The van der Waals surface area contributed by atoms with E-state index in [-0.39, 0.29) is 11.8 Å². The molecule has 0 radical (unpaired) electrons. The molecule has 1 N–H and O–H groups in total. The molecule has 2 nitrogen and oxygen atoms in total. The van der Waals surface area contributed by atoms with Crippen molar-refractivity contribution in [2.24, 2.45) is 11.8 Å². The minimum Gasteiger partial charge on any atom is -0.356 e. The summed E-state index contributed by atoms with van der Waals surface area (Å²) in [5.74, 6) is 1.15. The number of nitrogens with one attached hydrogen (secondary N) is 1. The van der Waals surface area contributed by atoms with E-state index in [0.29, 0.717) is 5.92 Å². The summed E-state index contributed by atoms with van der Waals surface area (Å²) in [7, 11) is 0. The fraction of sp³-hybridized carbons (Fsp3) is 0.643. The molecule has 0 heterocycles. The lowest BCUT2D eigenvalue weighted by molar-refractivity contribution is -0.125. The van der Waals surface area contributed by atoms with Gasteiger partial charge in [0, 0.05) is 12.5 Å². The predicted molar refractivity (Wildman–Crippen MR) is 66.0 cm³/mol. The zero-order valence-corrected chi connectivity index (χ0v) is 9.82. The van der Waals surface area contributed by atoms with Crippen LogP contribution in [0.2, 0.25) is 0 Å². The van der Waals surface area contributed by atoms with E-state index in [1.54, 1.807) is 0 Å². The Labute approximate surface area is 97.8 Å². The molecule has 2 aliphatic rings. The van der Waals surface area contributed by atoms with Crippen LogP contribution in [0.1, 0.15) is 38.5 Å². The molecule has 2 heteroatoms. The summed E-state index contributed by atoms with van der Waals surface area (Å²) in [5, 5.41) is 3.12. The van der Waals surface area contributed by atoms with Crippen molar-refractivity contribution < 1.29 is 4.79 Å². The fourth-order valence-corrected chi connectivity index (χ4v) is 2.46. The van der Waals surface area contributed by atoms with Crippen molar-refractivity contribution in [3.63, 3.8) is 0 Å². The van der Waals surface area contributed by atoms with E-state index in [1.807, 2.05) is 0 Å². The van der Waals surface area contributed by atoms with Gasteiger partial charge in [0.2, 0.25) is 5.91 Å². The van der Waals surface area contributed by atoms with E-state index >= 15 is 0 Å². The van der Waals surface area contributed by atoms with Crippen LogP contribution >= 0.6 is 0 Å². The van der Waals surface area contributed by atoms with Crippen LogP contribution in [-0.4, -0.2) is 12.5 Å². The maximum absolute atomic E-state index is 11.9. The Kier molecular flexibility index (Phi) is 4.20. The van der Waals surface area contributed by atoms with E-state index in [2.05, 4.69) is 29.6 Å². The van der Waals surface area contributed by atoms with Crippen LogP contribution in [0.3, 0.4) is 0 Å². The highest BCUT2D eigenvalue weighted by molar-refractivity contribution is 5.78. The highest BCUT2D eigenvalue weighted by Gasteiger charge is 2.19. The molecule has 0 aromatic rings. The van der Waals surface area contributed by atoms with Gasteiger partial charge in [-0.3, -0.25) is 4.79 Å². The Bertz CT molecular complexity index is 293. The highest BCUT2D eigenvalue weighted by Crippen LogP contribution is 2.20. The Morgan fingerprint density at radius 1 is 1.06 bits per heavy atom. The molecule has 2 rings (SSSR count). The third-order valence-electron chi connectivity index (χ3n) is 3.58. The molecule has 2 unspecified atom stereocenters. The summed E-state index contributed by atoms with van der Waals surface area (Å²) in [6.07, 6.45) is 15.3. The van der Waals surface area contributed by atoms with Gasteiger partial charge in [0.1, 0.15) is 0 Å². The van der Waals surface area contributed by atoms with Crippen LogP contribution in [0, 0.1) is 11.8 Å². The van der Waals surface area contributed by atoms with E-state index < -0.39 is 0 Å². The van der Waals surface area contributed by atoms with E-state index in [1.165, 1.54) is 12.8 Å². The van der Waals surface area contributed by atoms with Gasteiger partial charge in [-0.05, 0) is 44.4 Å². The zero-order valence-electron chi connectivity index (χ0n) is 9.82. The number of hydrogen-bond donors (Lipinski definition) is 1. The lowest BCUT2D eigenvalue weighted by atomic mass is 9.92. The first-order chi connectivity index (χ1) is 7.86. The molecule has 2 aliphatic carbocycles. The number of rotatable bonds is 3. The van der Waals surface area contributed by atoms with E-state index in [0.717, 1.165) is 32.2 Å². The van der Waals surface area contributed by atoms with Gasteiger partial charge < -0.3 is 5.32 Å². The van der Waals surface area contributed by atoms with E-state index in [4.69, 9.17) is 0 Å². The molecule has 88 valence electrons. The molecule has 0 saturated heterocycles. The largest absolute Gasteiger partial charge is 0.356 e. The first-order valence-electron chi connectivity index (χ1n) is 6.44. The average Bonchev–Trinajstić information content (AvgIpc) is 2.38. The van der Waals surface area contributed by atoms with Crippen LogP contribution in [0.4, 0.5) is 0 Å². The number of allylic oxidation sites excluding steroid dienone is 4. The van der Waals surface area contributed by atoms with Crippen molar-refractivity contribution in [2.45, 2.75) is 38.5 Å². The zero-order chi connectivity index (χ0) is 11.2. The number of hydrogen-bond acceptors (Lipinski definition) is 1. The van der Waals surface area contributed by atoms with Crippen LogP contribution in [-0.2, 0) is 4.79 Å². The normalized spacial score (nSPS) is 29.0. The molecular weight excluding hydrogens is 198 g/mol. The molecule has 0 aliphatic heterocycles. The van der Waals surface area contributed by atoms with Gasteiger partial charge >= 0.3 is 0 Å². The molecule has 1 amide bonds. The van der Waals surface area contributed by atoms with E-state index in [9.17, 15) is 4.79 Å². The summed E-state index contributed by atoms with van der Waals surface area (Å²) in [4.78, 5) is 11.9. The van der Waals surface area contributed by atoms with Crippen LogP contribution in [0.5, 0.6) is 0 Å². The molecule has 0 bridgehead atoms. The quantitative estimate of drug-likeness (QED) is 0.727. The maximum Gasteiger partial charge on any atom is 0.223 e. The molecule has 0 aromatic carbocycles. The van der Waals surface area contributed by atoms with Crippen molar-refractivity contribution in [2.75, 3.05) is 6.54 Å². The molecule has 0 aromatic heterocycles. The lowest BCUT2D eigenvalue weighted by Gasteiger charge is -2.21. The lowest BCUT2D eigenvalue weighted by Crippen LogP contribution is -2.35. The third kappa shape index (κ3) is 3.22. The monoisotopic (exact) mass is 219 g/mol. The summed E-state index contributed by atoms with van der Waals surface area (Å²) in [6, 6.07) is 0. The Morgan fingerprint density at radius 2 is 1.81 bits per heavy atom. The van der Waals surface area contributed by atoms with Gasteiger partial charge in [0.05, 0.1) is 0 Å². The third-order valence-corrected chi connectivity index (χ3v) is 3.58. The fourth-order valence-electron chi connectivity index (χ4n) is 2.46. The molecule has 0 saturated carbocycles. The van der Waals surface area contributed by atoms with Crippen molar-refractivity contribution in [3.8, 4) is 0 Å². The summed E-state index contributed by atoms with van der Waals surface area (Å²) in [5.41, 5.74) is 0. The minimum atomic E-state index is 0.226. The summed E-state index contributed by atoms with van der Waals surface area (Å²) >= 11 is 0. The first kappa shape index (κ1) is 11.4. The van der Waals surface area contributed by atoms with Crippen LogP contribution < -0.4 is 5.32 Å². The number of carbonyl (C=O) groups is 1. The van der Waals surface area contributed by atoms with Gasteiger partial charge in [-0.15, -0.1) is 0 Å². The second-order valence-corrected chi connectivity index (χ2v) is 4.88. The van der Waals surface area contributed by atoms with Crippen molar-refractivity contribution in [1.82, 2.24) is 5.32 Å². The van der Waals surface area contributed by atoms with Crippen LogP contribution in [0.25, 0.3) is 0 Å². The predicted octanol–water partition coefficient (Wildman–Crippen LogP) is 2.82. The molecule has 0 spiro atoms. The first-order valence-corrected chi connectivity index (χ1v) is 6.44. The SMILES string of the molecule is O=C(NCC1CC=CCC1)C1CC=CCC1. The van der Waals surface area contributed by atoms with Gasteiger partial charge in [-0.1, -0.05) is 24.3 Å². The molecule has 16 heavy (non-hydrogen) atoms. The standard InChI is InChI=1S/C14H21NO/c16-14(13-9-5-2-6-10-13)15-11-12-7-3-1-4-8-12/h1-3,5,12-13H,4,6-11H2,(H,15,16). The van der Waals surface area contributed by atoms with Crippen molar-refractivity contribution in [1.29, 1.82) is 0 Å². The van der Waals surface area contributed by atoms with Crippen LogP contribution in [0.15, 0.2) is 24.3 Å². The molecule has 2 atom stereocenters. The summed E-state index contributed by atoms with van der Waals surface area (Å²) < 4.78 is 0. The van der Waals surface area contributed by atoms with Gasteiger partial charge in [0.25, 0.3) is 0 Å². The topological polar surface area (TPSA) is 29.1 Å². The van der Waals surface area contributed by atoms with Gasteiger partial charge in [-0.25, -0.2) is 0 Å². The average molecular weight is 219 g/mol. The Hall–Kier alpha value is -1.05. The molecular formula is C14H21NO. The smallest absolute Gasteiger partial charge is 0.223 e. The minimum absolute atomic E-state index is 0.226.